The first-order chi connectivity index (χ1) is 8.42. The Morgan fingerprint density at radius 2 is 2.17 bits per heavy atom. The van der Waals surface area contributed by atoms with Crippen LogP contribution in [-0.4, -0.2) is 30.1 Å². The van der Waals surface area contributed by atoms with Gasteiger partial charge in [0, 0.05) is 25.4 Å². The molecule has 0 saturated heterocycles. The summed E-state index contributed by atoms with van der Waals surface area (Å²) in [5.41, 5.74) is 0.576. The van der Waals surface area contributed by atoms with Crippen LogP contribution in [-0.2, 0) is 16.1 Å². The third kappa shape index (κ3) is 5.14. The van der Waals surface area contributed by atoms with Gasteiger partial charge in [-0.1, -0.05) is 6.07 Å². The lowest BCUT2D eigenvalue weighted by Gasteiger charge is -2.19. The number of carbonyl (C=O) groups excluding carboxylic acids is 1. The molecule has 0 spiro atoms. The van der Waals surface area contributed by atoms with E-state index in [1.54, 1.807) is 6.20 Å². The number of carbonyl (C=O) groups is 1. The number of esters is 1. The summed E-state index contributed by atoms with van der Waals surface area (Å²) in [5, 5.41) is 6.05. The molecule has 0 bridgehead atoms. The monoisotopic (exact) mass is 251 g/mol. The molecule has 0 radical (unpaired) electrons. The number of hydrogen-bond acceptors (Lipinski definition) is 5. The standard InChI is InChI=1S/C13H21N3O2/c1-13(2,3)18-11(17)9-15-8-10-6-5-7-16-12(10)14-4/h5-7,15H,8-9H2,1-4H3,(H,14,16). The van der Waals surface area contributed by atoms with E-state index >= 15 is 0 Å². The van der Waals surface area contributed by atoms with Crippen LogP contribution in [0.4, 0.5) is 5.82 Å². The highest BCUT2D eigenvalue weighted by atomic mass is 16.6. The summed E-state index contributed by atoms with van der Waals surface area (Å²) >= 11 is 0. The van der Waals surface area contributed by atoms with Crippen molar-refractivity contribution in [3.8, 4) is 0 Å². The normalized spacial score (nSPS) is 11.1. The summed E-state index contributed by atoms with van der Waals surface area (Å²) in [6.07, 6.45) is 1.73. The molecule has 1 rings (SSSR count). The quantitative estimate of drug-likeness (QED) is 0.777. The van der Waals surface area contributed by atoms with Crippen molar-refractivity contribution < 1.29 is 9.53 Å². The van der Waals surface area contributed by atoms with Crippen molar-refractivity contribution in [1.29, 1.82) is 0 Å². The Labute approximate surface area is 108 Å². The largest absolute Gasteiger partial charge is 0.459 e. The second-order valence-corrected chi connectivity index (χ2v) is 4.95. The van der Waals surface area contributed by atoms with Crippen LogP contribution < -0.4 is 10.6 Å². The maximum absolute atomic E-state index is 11.5. The Morgan fingerprint density at radius 3 is 2.78 bits per heavy atom. The number of anilines is 1. The highest BCUT2D eigenvalue weighted by Gasteiger charge is 2.15. The number of nitrogens with one attached hydrogen (secondary N) is 2. The minimum atomic E-state index is -0.441. The van der Waals surface area contributed by atoms with E-state index in [-0.39, 0.29) is 12.5 Å². The lowest BCUT2D eigenvalue weighted by atomic mass is 10.2. The summed E-state index contributed by atoms with van der Waals surface area (Å²) in [7, 11) is 1.82. The highest BCUT2D eigenvalue weighted by molar-refractivity contribution is 5.72. The van der Waals surface area contributed by atoms with Crippen molar-refractivity contribution >= 4 is 11.8 Å². The molecule has 0 aromatic carbocycles. The number of pyridine rings is 1. The fourth-order valence-corrected chi connectivity index (χ4v) is 1.48. The van der Waals surface area contributed by atoms with Crippen LogP contribution in [0.5, 0.6) is 0 Å². The summed E-state index contributed by atoms with van der Waals surface area (Å²) < 4.78 is 5.20. The van der Waals surface area contributed by atoms with Gasteiger partial charge in [0.2, 0.25) is 0 Å². The molecule has 5 nitrogen and oxygen atoms in total. The third-order valence-corrected chi connectivity index (χ3v) is 2.13. The van der Waals surface area contributed by atoms with E-state index in [2.05, 4.69) is 15.6 Å². The van der Waals surface area contributed by atoms with Crippen LogP contribution in [0.3, 0.4) is 0 Å². The average molecular weight is 251 g/mol. The predicted molar refractivity (Wildman–Crippen MR) is 71.3 cm³/mol. The average Bonchev–Trinajstić information content (AvgIpc) is 2.27. The van der Waals surface area contributed by atoms with Crippen LogP contribution in [0.1, 0.15) is 26.3 Å². The van der Waals surface area contributed by atoms with E-state index in [9.17, 15) is 4.79 Å². The van der Waals surface area contributed by atoms with Gasteiger partial charge in [-0.05, 0) is 26.8 Å². The number of nitrogens with zero attached hydrogens (tertiary/aromatic N) is 1. The van der Waals surface area contributed by atoms with Crippen LogP contribution >= 0.6 is 0 Å². The van der Waals surface area contributed by atoms with Gasteiger partial charge in [-0.25, -0.2) is 4.98 Å². The second-order valence-electron chi connectivity index (χ2n) is 4.95. The molecule has 2 N–H and O–H groups in total. The van der Waals surface area contributed by atoms with Gasteiger partial charge in [-0.3, -0.25) is 4.79 Å². The lowest BCUT2D eigenvalue weighted by molar-refractivity contribution is -0.153. The fourth-order valence-electron chi connectivity index (χ4n) is 1.48. The summed E-state index contributed by atoms with van der Waals surface area (Å²) in [5.74, 6) is 0.562. The van der Waals surface area contributed by atoms with Gasteiger partial charge in [0.15, 0.2) is 0 Å². The Morgan fingerprint density at radius 1 is 1.44 bits per heavy atom. The molecule has 0 aliphatic rings. The van der Waals surface area contributed by atoms with Crippen molar-refractivity contribution in [2.24, 2.45) is 0 Å². The molecule has 18 heavy (non-hydrogen) atoms. The summed E-state index contributed by atoms with van der Waals surface area (Å²) in [4.78, 5) is 15.7. The summed E-state index contributed by atoms with van der Waals surface area (Å²) in [6, 6.07) is 3.83. The first-order valence-electron chi connectivity index (χ1n) is 5.96. The molecular formula is C13H21N3O2. The van der Waals surface area contributed by atoms with Gasteiger partial charge in [-0.2, -0.15) is 0 Å². The van der Waals surface area contributed by atoms with E-state index in [4.69, 9.17) is 4.74 Å². The minimum absolute atomic E-state index is 0.190. The van der Waals surface area contributed by atoms with Gasteiger partial charge in [0.25, 0.3) is 0 Å². The van der Waals surface area contributed by atoms with Crippen LogP contribution in [0.15, 0.2) is 18.3 Å². The number of aromatic nitrogens is 1. The Bertz CT molecular complexity index is 399. The zero-order chi connectivity index (χ0) is 13.6. The van der Waals surface area contributed by atoms with Gasteiger partial charge in [0.1, 0.15) is 11.4 Å². The first-order valence-corrected chi connectivity index (χ1v) is 5.96. The molecule has 1 aromatic rings. The molecule has 0 unspecified atom stereocenters. The Hall–Kier alpha value is -1.62. The van der Waals surface area contributed by atoms with Crippen molar-refractivity contribution in [2.45, 2.75) is 32.9 Å². The zero-order valence-electron chi connectivity index (χ0n) is 11.4. The molecule has 1 aromatic heterocycles. The first kappa shape index (κ1) is 14.4. The van der Waals surface area contributed by atoms with Gasteiger partial charge < -0.3 is 15.4 Å². The molecule has 0 amide bonds. The lowest BCUT2D eigenvalue weighted by Crippen LogP contribution is -2.31. The van der Waals surface area contributed by atoms with Crippen molar-refractivity contribution in [3.63, 3.8) is 0 Å². The van der Waals surface area contributed by atoms with Crippen molar-refractivity contribution in [3.05, 3.63) is 23.9 Å². The highest BCUT2D eigenvalue weighted by Crippen LogP contribution is 2.10. The van der Waals surface area contributed by atoms with E-state index < -0.39 is 5.60 Å². The van der Waals surface area contributed by atoms with Gasteiger partial charge >= 0.3 is 5.97 Å². The molecule has 0 aliphatic carbocycles. The molecule has 100 valence electrons. The molecular weight excluding hydrogens is 230 g/mol. The Balaban J connectivity index is 2.40. The topological polar surface area (TPSA) is 63.2 Å². The number of rotatable bonds is 5. The third-order valence-electron chi connectivity index (χ3n) is 2.13. The molecule has 5 heteroatoms. The molecule has 0 fully saturated rings. The van der Waals surface area contributed by atoms with Crippen LogP contribution in [0.2, 0.25) is 0 Å². The van der Waals surface area contributed by atoms with Crippen LogP contribution in [0.25, 0.3) is 0 Å². The second kappa shape index (κ2) is 6.35. The summed E-state index contributed by atoms with van der Waals surface area (Å²) in [6.45, 7) is 6.32. The van der Waals surface area contributed by atoms with Crippen LogP contribution in [0, 0.1) is 0 Å². The zero-order valence-corrected chi connectivity index (χ0v) is 11.4. The molecule has 0 atom stereocenters. The smallest absolute Gasteiger partial charge is 0.320 e. The SMILES string of the molecule is CNc1ncccc1CNCC(=O)OC(C)(C)C. The Kier molecular flexibility index (Phi) is 5.09. The minimum Gasteiger partial charge on any atom is -0.459 e. The molecule has 1 heterocycles. The predicted octanol–water partition coefficient (Wildman–Crippen LogP) is 1.55. The van der Waals surface area contributed by atoms with Crippen molar-refractivity contribution in [1.82, 2.24) is 10.3 Å². The van der Waals surface area contributed by atoms with Gasteiger partial charge in [-0.15, -0.1) is 0 Å². The maximum atomic E-state index is 11.5. The molecule has 0 saturated carbocycles. The van der Waals surface area contributed by atoms with E-state index in [0.29, 0.717) is 6.54 Å². The maximum Gasteiger partial charge on any atom is 0.320 e. The molecule has 0 aliphatic heterocycles. The van der Waals surface area contributed by atoms with E-state index in [1.807, 2.05) is 40.0 Å². The van der Waals surface area contributed by atoms with Gasteiger partial charge in [0.05, 0.1) is 6.54 Å². The number of hydrogen-bond donors (Lipinski definition) is 2. The van der Waals surface area contributed by atoms with Crippen molar-refractivity contribution in [2.75, 3.05) is 18.9 Å². The van der Waals surface area contributed by atoms with E-state index in [0.717, 1.165) is 11.4 Å². The van der Waals surface area contributed by atoms with E-state index in [1.165, 1.54) is 0 Å². The number of ether oxygens (including phenoxy) is 1. The fraction of sp³-hybridized carbons (Fsp3) is 0.538.